The summed E-state index contributed by atoms with van der Waals surface area (Å²) in [4.78, 5) is 15.2. The van der Waals surface area contributed by atoms with E-state index < -0.39 is 0 Å². The first-order valence-corrected chi connectivity index (χ1v) is 8.91. The van der Waals surface area contributed by atoms with E-state index in [4.69, 9.17) is 0 Å². The summed E-state index contributed by atoms with van der Waals surface area (Å²) in [5, 5.41) is 14.1. The van der Waals surface area contributed by atoms with Gasteiger partial charge in [0.2, 0.25) is 5.82 Å². The number of tetrazole rings is 1. The summed E-state index contributed by atoms with van der Waals surface area (Å²) < 4.78 is 0. The van der Waals surface area contributed by atoms with Crippen LogP contribution < -0.4 is 0 Å². The normalized spacial score (nSPS) is 17.3. The van der Waals surface area contributed by atoms with E-state index in [9.17, 15) is 4.79 Å². The van der Waals surface area contributed by atoms with Crippen LogP contribution in [-0.2, 0) is 0 Å². The minimum Gasteiger partial charge on any atom is -0.338 e. The second kappa shape index (κ2) is 7.07. The molecule has 0 spiro atoms. The molecule has 26 heavy (non-hydrogen) atoms. The highest BCUT2D eigenvalue weighted by Gasteiger charge is 2.27. The van der Waals surface area contributed by atoms with Crippen LogP contribution in [0.3, 0.4) is 0 Å². The Balaban J connectivity index is 1.59. The summed E-state index contributed by atoms with van der Waals surface area (Å²) in [5.74, 6) is 0.855. The van der Waals surface area contributed by atoms with Gasteiger partial charge in [-0.05, 0) is 36.6 Å². The highest BCUT2D eigenvalue weighted by Crippen LogP contribution is 2.29. The van der Waals surface area contributed by atoms with Crippen LogP contribution in [-0.4, -0.2) is 44.5 Å². The summed E-state index contributed by atoms with van der Waals surface area (Å²) in [6.45, 7) is 3.63. The van der Waals surface area contributed by atoms with Gasteiger partial charge in [0.05, 0.1) is 5.56 Å². The van der Waals surface area contributed by atoms with Crippen molar-refractivity contribution in [2.75, 3.05) is 13.1 Å². The number of hydrogen-bond acceptors (Lipinski definition) is 4. The number of carbonyl (C=O) groups is 1. The quantitative estimate of drug-likeness (QED) is 0.789. The molecule has 1 unspecified atom stereocenters. The predicted octanol–water partition coefficient (Wildman–Crippen LogP) is 3.19. The molecule has 2 aromatic carbocycles. The van der Waals surface area contributed by atoms with Crippen LogP contribution in [0, 0.1) is 6.92 Å². The van der Waals surface area contributed by atoms with Gasteiger partial charge in [-0.25, -0.2) is 0 Å². The molecule has 3 aromatic rings. The number of aryl methyl sites for hydroxylation is 1. The first-order valence-electron chi connectivity index (χ1n) is 8.91. The summed E-state index contributed by atoms with van der Waals surface area (Å²) in [5.41, 5.74) is 3.91. The minimum absolute atomic E-state index is 0.0303. The number of hydrogen-bond donors (Lipinski definition) is 1. The van der Waals surface area contributed by atoms with Crippen molar-refractivity contribution in [1.82, 2.24) is 25.5 Å². The number of amides is 1. The number of nitrogens with one attached hydrogen (secondary N) is 1. The monoisotopic (exact) mass is 347 g/mol. The number of aromatic nitrogens is 4. The van der Waals surface area contributed by atoms with Crippen molar-refractivity contribution in [3.8, 4) is 11.4 Å². The third-order valence-corrected chi connectivity index (χ3v) is 4.97. The van der Waals surface area contributed by atoms with E-state index in [0.29, 0.717) is 22.9 Å². The highest BCUT2D eigenvalue weighted by molar-refractivity contribution is 6.00. The molecule has 1 amide bonds. The van der Waals surface area contributed by atoms with E-state index in [1.54, 1.807) is 0 Å². The molecule has 0 saturated carbocycles. The Morgan fingerprint density at radius 2 is 2.08 bits per heavy atom. The summed E-state index contributed by atoms with van der Waals surface area (Å²) in [7, 11) is 0. The molecule has 0 bridgehead atoms. The smallest absolute Gasteiger partial charge is 0.254 e. The van der Waals surface area contributed by atoms with Crippen molar-refractivity contribution in [3.05, 3.63) is 65.2 Å². The van der Waals surface area contributed by atoms with Gasteiger partial charge in [0.1, 0.15) is 0 Å². The van der Waals surface area contributed by atoms with Gasteiger partial charge in [0, 0.05) is 24.6 Å². The van der Waals surface area contributed by atoms with Crippen LogP contribution in [0.5, 0.6) is 0 Å². The Hall–Kier alpha value is -3.02. The number of nitrogens with zero attached hydrogens (tertiary/aromatic N) is 4. The molecule has 132 valence electrons. The first-order chi connectivity index (χ1) is 12.7. The molecule has 1 aliphatic heterocycles. The predicted molar refractivity (Wildman–Crippen MR) is 98.7 cm³/mol. The zero-order valence-electron chi connectivity index (χ0n) is 14.7. The zero-order chi connectivity index (χ0) is 17.9. The Kier molecular flexibility index (Phi) is 4.48. The summed E-state index contributed by atoms with van der Waals surface area (Å²) in [6.07, 6.45) is 2.12. The molecule has 2 heterocycles. The van der Waals surface area contributed by atoms with Gasteiger partial charge < -0.3 is 4.90 Å². The Morgan fingerprint density at radius 1 is 1.19 bits per heavy atom. The van der Waals surface area contributed by atoms with Crippen LogP contribution >= 0.6 is 0 Å². The fraction of sp³-hybridized carbons (Fsp3) is 0.300. The largest absolute Gasteiger partial charge is 0.338 e. The zero-order valence-corrected chi connectivity index (χ0v) is 14.7. The first kappa shape index (κ1) is 16.4. The molecule has 1 aliphatic rings. The maximum Gasteiger partial charge on any atom is 0.254 e. The second-order valence-electron chi connectivity index (χ2n) is 6.79. The lowest BCUT2D eigenvalue weighted by Crippen LogP contribution is -2.39. The molecular formula is C20H21N5O. The molecule has 4 rings (SSSR count). The molecule has 0 radical (unpaired) electrons. The number of rotatable bonds is 3. The van der Waals surface area contributed by atoms with E-state index in [0.717, 1.165) is 25.9 Å². The molecule has 6 nitrogen and oxygen atoms in total. The maximum atomic E-state index is 13.2. The molecule has 1 aromatic heterocycles. The number of aromatic amines is 1. The number of benzene rings is 2. The third-order valence-electron chi connectivity index (χ3n) is 4.97. The number of piperidine rings is 1. The third kappa shape index (κ3) is 3.22. The van der Waals surface area contributed by atoms with Crippen LogP contribution in [0.15, 0.2) is 48.5 Å². The average Bonchev–Trinajstić information content (AvgIpc) is 3.22. The fourth-order valence-corrected chi connectivity index (χ4v) is 3.67. The van der Waals surface area contributed by atoms with Crippen LogP contribution in [0.1, 0.15) is 40.2 Å². The Bertz CT molecular complexity index is 906. The van der Waals surface area contributed by atoms with Crippen molar-refractivity contribution in [2.24, 2.45) is 0 Å². The Morgan fingerprint density at radius 3 is 2.88 bits per heavy atom. The standard InChI is InChI=1S/C20H21N5O/c1-14-6-4-7-15(12-14)16-8-5-11-25(13-16)20(26)18-10-3-2-9-17(18)19-21-23-24-22-19/h2-4,6-7,9-10,12,16H,5,8,11,13H2,1H3,(H,21,22,23,24). The van der Waals surface area contributed by atoms with Gasteiger partial charge in [-0.15, -0.1) is 10.2 Å². The van der Waals surface area contributed by atoms with Crippen molar-refractivity contribution < 1.29 is 4.79 Å². The van der Waals surface area contributed by atoms with Crippen molar-refractivity contribution in [1.29, 1.82) is 0 Å². The Labute approximate surface area is 152 Å². The fourth-order valence-electron chi connectivity index (χ4n) is 3.67. The lowest BCUT2D eigenvalue weighted by molar-refractivity contribution is 0.0708. The topological polar surface area (TPSA) is 74.8 Å². The van der Waals surface area contributed by atoms with Gasteiger partial charge in [-0.2, -0.15) is 5.21 Å². The van der Waals surface area contributed by atoms with Gasteiger partial charge >= 0.3 is 0 Å². The SMILES string of the molecule is Cc1cccc(C2CCCN(C(=O)c3ccccc3-c3nn[nH]n3)C2)c1. The van der Waals surface area contributed by atoms with E-state index in [1.165, 1.54) is 11.1 Å². The van der Waals surface area contributed by atoms with Crippen LogP contribution in [0.2, 0.25) is 0 Å². The minimum atomic E-state index is 0.0303. The van der Waals surface area contributed by atoms with Gasteiger partial charge in [-0.1, -0.05) is 48.0 Å². The molecule has 1 saturated heterocycles. The highest BCUT2D eigenvalue weighted by atomic mass is 16.2. The summed E-state index contributed by atoms with van der Waals surface area (Å²) in [6, 6.07) is 16.1. The van der Waals surface area contributed by atoms with Crippen LogP contribution in [0.4, 0.5) is 0 Å². The van der Waals surface area contributed by atoms with Crippen molar-refractivity contribution in [2.45, 2.75) is 25.7 Å². The number of likely N-dealkylation sites (tertiary alicyclic amines) is 1. The number of carbonyl (C=O) groups excluding carboxylic acids is 1. The van der Waals surface area contributed by atoms with E-state index >= 15 is 0 Å². The van der Waals surface area contributed by atoms with Gasteiger partial charge in [-0.3, -0.25) is 4.79 Å². The molecular weight excluding hydrogens is 326 g/mol. The van der Waals surface area contributed by atoms with Crippen molar-refractivity contribution in [3.63, 3.8) is 0 Å². The lowest BCUT2D eigenvalue weighted by Gasteiger charge is -2.33. The maximum absolute atomic E-state index is 13.2. The van der Waals surface area contributed by atoms with Gasteiger partial charge in [0.15, 0.2) is 0 Å². The molecule has 6 heteroatoms. The van der Waals surface area contributed by atoms with Crippen molar-refractivity contribution >= 4 is 5.91 Å². The van der Waals surface area contributed by atoms with E-state index in [-0.39, 0.29) is 5.91 Å². The van der Waals surface area contributed by atoms with E-state index in [2.05, 4.69) is 51.8 Å². The lowest BCUT2D eigenvalue weighted by atomic mass is 9.89. The van der Waals surface area contributed by atoms with E-state index in [1.807, 2.05) is 29.2 Å². The average molecular weight is 347 g/mol. The molecule has 1 N–H and O–H groups in total. The summed E-state index contributed by atoms with van der Waals surface area (Å²) >= 11 is 0. The molecule has 1 fully saturated rings. The second-order valence-corrected chi connectivity index (χ2v) is 6.79. The molecule has 1 atom stereocenters. The number of H-pyrrole nitrogens is 1. The van der Waals surface area contributed by atoms with Crippen LogP contribution in [0.25, 0.3) is 11.4 Å². The van der Waals surface area contributed by atoms with Gasteiger partial charge in [0.25, 0.3) is 5.91 Å². The molecule has 0 aliphatic carbocycles.